The molecule has 0 aromatic carbocycles. The minimum Gasteiger partial charge on any atom is -0.330 e. The van der Waals surface area contributed by atoms with Crippen LogP contribution in [0.1, 0.15) is 5.69 Å². The van der Waals surface area contributed by atoms with Gasteiger partial charge in [0.2, 0.25) is 0 Å². The second-order valence-electron chi connectivity index (χ2n) is 3.88. The third kappa shape index (κ3) is 1.94. The Morgan fingerprint density at radius 3 is 3.06 bits per heavy atom. The molecule has 2 N–H and O–H groups in total. The van der Waals surface area contributed by atoms with Gasteiger partial charge >= 0.3 is 0 Å². The number of rotatable bonds is 4. The second kappa shape index (κ2) is 4.75. The summed E-state index contributed by atoms with van der Waals surface area (Å²) >= 11 is 3.22. The average Bonchev–Trinajstić information content (AvgIpc) is 3.01. The van der Waals surface area contributed by atoms with Crippen LogP contribution in [0.4, 0.5) is 0 Å². The zero-order valence-corrected chi connectivity index (χ0v) is 11.5. The highest BCUT2D eigenvalue weighted by Crippen LogP contribution is 2.30. The highest BCUT2D eigenvalue weighted by molar-refractivity contribution is 7.99. The van der Waals surface area contributed by atoms with Gasteiger partial charge in [-0.2, -0.15) is 0 Å². The van der Waals surface area contributed by atoms with Crippen LogP contribution in [0.5, 0.6) is 0 Å². The van der Waals surface area contributed by atoms with Crippen molar-refractivity contribution in [2.75, 3.05) is 6.54 Å². The number of nitrogens with two attached hydrogens (primary N) is 1. The quantitative estimate of drug-likeness (QED) is 0.791. The summed E-state index contributed by atoms with van der Waals surface area (Å²) in [6.45, 7) is 0.623. The lowest BCUT2D eigenvalue weighted by atomic mass is 10.3. The molecule has 3 heterocycles. The lowest BCUT2D eigenvalue weighted by Gasteiger charge is -2.02. The second-order valence-corrected chi connectivity index (χ2v) is 5.71. The molecular formula is C11H13N5S2. The van der Waals surface area contributed by atoms with Crippen LogP contribution in [0.15, 0.2) is 34.2 Å². The number of imidazole rings is 2. The maximum absolute atomic E-state index is 5.68. The molecule has 0 saturated carbocycles. The Hall–Kier alpha value is -1.31. The van der Waals surface area contributed by atoms with E-state index in [0.29, 0.717) is 6.54 Å². The number of aryl methyl sites for hydroxylation is 1. The number of aromatic nitrogens is 4. The fourth-order valence-electron chi connectivity index (χ4n) is 1.80. The Balaban J connectivity index is 2.02. The van der Waals surface area contributed by atoms with E-state index in [0.717, 1.165) is 21.6 Å². The van der Waals surface area contributed by atoms with Crippen molar-refractivity contribution in [1.29, 1.82) is 0 Å². The number of thiazole rings is 1. The Kier molecular flexibility index (Phi) is 3.11. The van der Waals surface area contributed by atoms with Crippen LogP contribution in [0, 0.1) is 0 Å². The highest BCUT2D eigenvalue weighted by Gasteiger charge is 2.15. The molecule has 0 aliphatic carbocycles. The SMILES string of the molecule is Cn1ccnc1Sc1nc2sccn2c1CCN. The molecule has 3 aromatic heterocycles. The summed E-state index contributed by atoms with van der Waals surface area (Å²) in [6, 6.07) is 0. The van der Waals surface area contributed by atoms with Crippen molar-refractivity contribution in [3.8, 4) is 0 Å². The lowest BCUT2D eigenvalue weighted by molar-refractivity contribution is 0.787. The van der Waals surface area contributed by atoms with E-state index in [4.69, 9.17) is 5.73 Å². The fraction of sp³-hybridized carbons (Fsp3) is 0.273. The lowest BCUT2D eigenvalue weighted by Crippen LogP contribution is -2.05. The maximum atomic E-state index is 5.68. The molecule has 0 bridgehead atoms. The van der Waals surface area contributed by atoms with E-state index < -0.39 is 0 Å². The third-order valence-corrected chi connectivity index (χ3v) is 4.52. The van der Waals surface area contributed by atoms with E-state index in [1.54, 1.807) is 29.3 Å². The molecule has 18 heavy (non-hydrogen) atoms. The summed E-state index contributed by atoms with van der Waals surface area (Å²) < 4.78 is 4.10. The Bertz CT molecular complexity index is 666. The van der Waals surface area contributed by atoms with Crippen LogP contribution in [0.25, 0.3) is 4.96 Å². The number of hydrogen-bond acceptors (Lipinski definition) is 5. The van der Waals surface area contributed by atoms with Crippen molar-refractivity contribution in [3.63, 3.8) is 0 Å². The average molecular weight is 279 g/mol. The van der Waals surface area contributed by atoms with Gasteiger partial charge in [-0.15, -0.1) is 11.3 Å². The summed E-state index contributed by atoms with van der Waals surface area (Å²) in [5.74, 6) is 0. The first-order valence-corrected chi connectivity index (χ1v) is 7.29. The molecule has 0 spiro atoms. The van der Waals surface area contributed by atoms with Crippen LogP contribution in [-0.2, 0) is 13.5 Å². The molecule has 0 atom stereocenters. The maximum Gasteiger partial charge on any atom is 0.194 e. The molecule has 0 saturated heterocycles. The first kappa shape index (κ1) is 11.8. The largest absolute Gasteiger partial charge is 0.330 e. The molecule has 94 valence electrons. The van der Waals surface area contributed by atoms with Gasteiger partial charge in [0.05, 0.1) is 5.69 Å². The fourth-order valence-corrected chi connectivity index (χ4v) is 3.53. The van der Waals surface area contributed by atoms with Crippen LogP contribution in [0.3, 0.4) is 0 Å². The van der Waals surface area contributed by atoms with Gasteiger partial charge in [-0.05, 0) is 18.3 Å². The van der Waals surface area contributed by atoms with Gasteiger partial charge in [-0.3, -0.25) is 4.40 Å². The Labute approximate surface area is 113 Å². The Morgan fingerprint density at radius 2 is 2.33 bits per heavy atom. The summed E-state index contributed by atoms with van der Waals surface area (Å²) in [4.78, 5) is 9.97. The normalized spacial score (nSPS) is 11.4. The van der Waals surface area contributed by atoms with Crippen molar-refractivity contribution in [2.24, 2.45) is 12.8 Å². The van der Waals surface area contributed by atoms with Crippen molar-refractivity contribution in [1.82, 2.24) is 18.9 Å². The van der Waals surface area contributed by atoms with Crippen LogP contribution in [0.2, 0.25) is 0 Å². The van der Waals surface area contributed by atoms with Gasteiger partial charge in [0.1, 0.15) is 5.03 Å². The first-order valence-electron chi connectivity index (χ1n) is 5.59. The standard InChI is InChI=1S/C11H13N5S2/c1-15-5-4-13-10(15)18-9-8(2-3-12)16-6-7-17-11(16)14-9/h4-7H,2-3,12H2,1H3. The van der Waals surface area contributed by atoms with Gasteiger partial charge in [0.25, 0.3) is 0 Å². The van der Waals surface area contributed by atoms with Gasteiger partial charge in [-0.1, -0.05) is 0 Å². The monoisotopic (exact) mass is 279 g/mol. The van der Waals surface area contributed by atoms with Crippen molar-refractivity contribution in [2.45, 2.75) is 16.6 Å². The molecule has 0 aliphatic heterocycles. The van der Waals surface area contributed by atoms with Crippen molar-refractivity contribution < 1.29 is 0 Å². The number of hydrogen-bond donors (Lipinski definition) is 1. The topological polar surface area (TPSA) is 61.1 Å². The van der Waals surface area contributed by atoms with Crippen molar-refractivity contribution >= 4 is 28.1 Å². The zero-order valence-electron chi connectivity index (χ0n) is 9.91. The van der Waals surface area contributed by atoms with Crippen LogP contribution < -0.4 is 5.73 Å². The smallest absolute Gasteiger partial charge is 0.194 e. The molecule has 7 heteroatoms. The van der Waals surface area contributed by atoms with E-state index in [9.17, 15) is 0 Å². The summed E-state index contributed by atoms with van der Waals surface area (Å²) in [6.07, 6.45) is 6.60. The van der Waals surface area contributed by atoms with E-state index in [1.165, 1.54) is 5.69 Å². The number of nitrogens with zero attached hydrogens (tertiary/aromatic N) is 4. The van der Waals surface area contributed by atoms with Gasteiger partial charge in [-0.25, -0.2) is 9.97 Å². The molecule has 0 radical (unpaired) electrons. The van der Waals surface area contributed by atoms with Crippen molar-refractivity contribution in [3.05, 3.63) is 29.7 Å². The molecule has 5 nitrogen and oxygen atoms in total. The van der Waals surface area contributed by atoms with Crippen LogP contribution >= 0.6 is 23.1 Å². The molecular weight excluding hydrogens is 266 g/mol. The number of fused-ring (bicyclic) bond motifs is 1. The summed E-state index contributed by atoms with van der Waals surface area (Å²) in [5.41, 5.74) is 6.85. The molecule has 0 amide bonds. The first-order chi connectivity index (χ1) is 8.79. The highest BCUT2D eigenvalue weighted by atomic mass is 32.2. The molecule has 0 fully saturated rings. The molecule has 0 aliphatic rings. The van der Waals surface area contributed by atoms with E-state index in [1.807, 2.05) is 29.4 Å². The zero-order chi connectivity index (χ0) is 12.5. The minimum atomic E-state index is 0.623. The predicted octanol–water partition coefficient (Wildman–Crippen LogP) is 1.78. The van der Waals surface area contributed by atoms with E-state index in [2.05, 4.69) is 14.4 Å². The third-order valence-electron chi connectivity index (χ3n) is 2.67. The Morgan fingerprint density at radius 1 is 1.44 bits per heavy atom. The summed E-state index contributed by atoms with van der Waals surface area (Å²) in [5, 5.41) is 3.98. The van der Waals surface area contributed by atoms with Crippen LogP contribution in [-0.4, -0.2) is 25.5 Å². The van der Waals surface area contributed by atoms with Gasteiger partial charge in [0.15, 0.2) is 10.1 Å². The predicted molar refractivity (Wildman–Crippen MR) is 73.2 cm³/mol. The van der Waals surface area contributed by atoms with Gasteiger partial charge in [0, 0.05) is 37.4 Å². The van der Waals surface area contributed by atoms with E-state index >= 15 is 0 Å². The molecule has 3 aromatic rings. The van der Waals surface area contributed by atoms with E-state index in [-0.39, 0.29) is 0 Å². The van der Waals surface area contributed by atoms with Gasteiger partial charge < -0.3 is 10.3 Å². The summed E-state index contributed by atoms with van der Waals surface area (Å²) in [7, 11) is 1.98. The molecule has 3 rings (SSSR count). The molecule has 0 unspecified atom stereocenters. The minimum absolute atomic E-state index is 0.623.